The summed E-state index contributed by atoms with van der Waals surface area (Å²) < 4.78 is 3.99. The number of anilines is 2. The SMILES string of the molecule is NC(=O)c1nsc(C(=O)N(c2cnc3ccccc3c2)C(C(=O)NC2CCCC2)c2cccs2)c1N. The molecular weight excluding hydrogens is 496 g/mol. The zero-order valence-electron chi connectivity index (χ0n) is 19.2. The molecule has 11 heteroatoms. The average Bonchev–Trinajstić information content (AvgIpc) is 3.64. The molecule has 184 valence electrons. The van der Waals surface area contributed by atoms with E-state index in [0.29, 0.717) is 10.6 Å². The maximum absolute atomic E-state index is 14.1. The number of nitrogens with zero attached hydrogens (tertiary/aromatic N) is 3. The van der Waals surface area contributed by atoms with E-state index < -0.39 is 17.9 Å². The minimum atomic E-state index is -0.973. The third-order valence-corrected chi connectivity index (χ3v) is 8.03. The molecule has 3 heterocycles. The van der Waals surface area contributed by atoms with Crippen molar-refractivity contribution < 1.29 is 14.4 Å². The number of carbonyl (C=O) groups excluding carboxylic acids is 3. The van der Waals surface area contributed by atoms with Gasteiger partial charge in [0.15, 0.2) is 11.7 Å². The molecule has 9 nitrogen and oxygen atoms in total. The highest BCUT2D eigenvalue weighted by Gasteiger charge is 2.37. The topological polar surface area (TPSA) is 144 Å². The van der Waals surface area contributed by atoms with Gasteiger partial charge in [-0.15, -0.1) is 11.3 Å². The average molecular weight is 521 g/mol. The number of thiophene rings is 1. The van der Waals surface area contributed by atoms with Crippen LogP contribution in [-0.2, 0) is 4.79 Å². The molecule has 3 amide bonds. The van der Waals surface area contributed by atoms with Gasteiger partial charge in [-0.25, -0.2) is 0 Å². The molecule has 0 radical (unpaired) electrons. The molecule has 1 aromatic carbocycles. The fourth-order valence-electron chi connectivity index (χ4n) is 4.48. The van der Waals surface area contributed by atoms with Gasteiger partial charge in [0.2, 0.25) is 5.91 Å². The molecule has 0 spiro atoms. The number of amides is 3. The number of primary amides is 1. The van der Waals surface area contributed by atoms with Crippen LogP contribution in [-0.4, -0.2) is 33.1 Å². The normalized spacial score (nSPS) is 14.6. The van der Waals surface area contributed by atoms with Crippen molar-refractivity contribution in [3.8, 4) is 0 Å². The molecule has 1 unspecified atom stereocenters. The van der Waals surface area contributed by atoms with E-state index in [1.54, 1.807) is 6.20 Å². The molecule has 0 bridgehead atoms. The summed E-state index contributed by atoms with van der Waals surface area (Å²) >= 11 is 2.16. The lowest BCUT2D eigenvalue weighted by Crippen LogP contribution is -2.46. The van der Waals surface area contributed by atoms with Crippen LogP contribution < -0.4 is 21.7 Å². The van der Waals surface area contributed by atoms with Crippen molar-refractivity contribution in [2.45, 2.75) is 37.8 Å². The van der Waals surface area contributed by atoms with E-state index in [1.165, 1.54) is 16.2 Å². The number of hydrogen-bond donors (Lipinski definition) is 3. The summed E-state index contributed by atoms with van der Waals surface area (Å²) in [5, 5.41) is 5.80. The zero-order chi connectivity index (χ0) is 25.2. The Hall–Kier alpha value is -3.83. The Bertz CT molecular complexity index is 1430. The number of para-hydroxylation sites is 1. The molecule has 1 saturated carbocycles. The number of hydrogen-bond acceptors (Lipinski definition) is 8. The second-order valence-electron chi connectivity index (χ2n) is 8.61. The molecule has 1 atom stereocenters. The van der Waals surface area contributed by atoms with E-state index in [4.69, 9.17) is 11.5 Å². The Morgan fingerprint density at radius 1 is 1.11 bits per heavy atom. The molecule has 36 heavy (non-hydrogen) atoms. The second-order valence-corrected chi connectivity index (χ2v) is 10.4. The minimum Gasteiger partial charge on any atom is -0.395 e. The number of nitrogen functional groups attached to an aromatic ring is 1. The highest BCUT2D eigenvalue weighted by atomic mass is 32.1. The molecule has 5 rings (SSSR count). The Morgan fingerprint density at radius 2 is 1.89 bits per heavy atom. The van der Waals surface area contributed by atoms with Crippen LogP contribution in [0.1, 0.15) is 56.8 Å². The lowest BCUT2D eigenvalue weighted by Gasteiger charge is -2.31. The highest BCUT2D eigenvalue weighted by molar-refractivity contribution is 7.10. The van der Waals surface area contributed by atoms with Crippen molar-refractivity contribution in [3.63, 3.8) is 0 Å². The van der Waals surface area contributed by atoms with Gasteiger partial charge in [-0.05, 0) is 48.0 Å². The second kappa shape index (κ2) is 10.0. The lowest BCUT2D eigenvalue weighted by atomic mass is 10.1. The minimum absolute atomic E-state index is 0.0344. The first-order valence-corrected chi connectivity index (χ1v) is 13.2. The molecule has 1 aliphatic carbocycles. The third kappa shape index (κ3) is 4.54. The van der Waals surface area contributed by atoms with Gasteiger partial charge in [-0.1, -0.05) is 37.1 Å². The Labute approximate surface area is 215 Å². The number of rotatable bonds is 7. The molecule has 0 saturated heterocycles. The van der Waals surface area contributed by atoms with Crippen LogP contribution in [0.5, 0.6) is 0 Å². The zero-order valence-corrected chi connectivity index (χ0v) is 20.8. The van der Waals surface area contributed by atoms with E-state index in [0.717, 1.165) is 48.1 Å². The fraction of sp³-hybridized carbons (Fsp3) is 0.240. The van der Waals surface area contributed by atoms with Crippen LogP contribution in [0.3, 0.4) is 0 Å². The van der Waals surface area contributed by atoms with Crippen LogP contribution in [0, 0.1) is 0 Å². The standard InChI is InChI=1S/C25H24N6O3S2/c26-19-20(23(27)32)30-36-22(19)25(34)31(16-12-14-6-1-4-9-17(14)28-13-16)21(18-10-5-11-35-18)24(33)29-15-7-2-3-8-15/h1,4-6,9-13,15,21H,2-3,7-8,26H2,(H2,27,32)(H,29,33). The van der Waals surface area contributed by atoms with E-state index >= 15 is 0 Å². The van der Waals surface area contributed by atoms with E-state index in [2.05, 4.69) is 14.7 Å². The van der Waals surface area contributed by atoms with E-state index in [-0.39, 0.29) is 28.2 Å². The van der Waals surface area contributed by atoms with Crippen molar-refractivity contribution in [1.29, 1.82) is 0 Å². The van der Waals surface area contributed by atoms with E-state index in [1.807, 2.05) is 47.8 Å². The van der Waals surface area contributed by atoms with Gasteiger partial charge in [0.25, 0.3) is 11.8 Å². The number of carbonyl (C=O) groups is 3. The van der Waals surface area contributed by atoms with Gasteiger partial charge in [0.1, 0.15) is 4.88 Å². The van der Waals surface area contributed by atoms with Gasteiger partial charge < -0.3 is 16.8 Å². The molecule has 4 aromatic rings. The first kappa shape index (κ1) is 23.9. The number of nitrogens with one attached hydrogen (secondary N) is 1. The van der Waals surface area contributed by atoms with E-state index in [9.17, 15) is 14.4 Å². The molecule has 1 fully saturated rings. The van der Waals surface area contributed by atoms with Crippen molar-refractivity contribution in [1.82, 2.24) is 14.7 Å². The summed E-state index contributed by atoms with van der Waals surface area (Å²) in [6.45, 7) is 0. The van der Waals surface area contributed by atoms with Crippen LogP contribution in [0.15, 0.2) is 54.0 Å². The largest absolute Gasteiger partial charge is 0.395 e. The molecule has 1 aliphatic rings. The maximum atomic E-state index is 14.1. The van der Waals surface area contributed by atoms with Crippen LogP contribution in [0.25, 0.3) is 10.9 Å². The summed E-state index contributed by atoms with van der Waals surface area (Å²) in [7, 11) is 0. The monoisotopic (exact) mass is 520 g/mol. The van der Waals surface area contributed by atoms with Crippen LogP contribution >= 0.6 is 22.9 Å². The maximum Gasteiger partial charge on any atom is 0.273 e. The van der Waals surface area contributed by atoms with Gasteiger partial charge in [-0.3, -0.25) is 24.3 Å². The van der Waals surface area contributed by atoms with Crippen molar-refractivity contribution in [2.24, 2.45) is 5.73 Å². The molecule has 0 aliphatic heterocycles. The van der Waals surface area contributed by atoms with Gasteiger partial charge in [-0.2, -0.15) is 4.37 Å². The Kier molecular flexibility index (Phi) is 6.66. The number of aromatic nitrogens is 2. The number of fused-ring (bicyclic) bond motifs is 1. The van der Waals surface area contributed by atoms with Crippen molar-refractivity contribution >= 4 is 62.9 Å². The first-order valence-electron chi connectivity index (χ1n) is 11.5. The quantitative estimate of drug-likeness (QED) is 0.337. The Balaban J connectivity index is 1.65. The molecular formula is C25H24N6O3S2. The van der Waals surface area contributed by atoms with Crippen LogP contribution in [0.4, 0.5) is 11.4 Å². The van der Waals surface area contributed by atoms with Gasteiger partial charge in [0.05, 0.1) is 23.1 Å². The summed E-state index contributed by atoms with van der Waals surface area (Å²) in [4.78, 5) is 46.2. The van der Waals surface area contributed by atoms with Gasteiger partial charge in [0, 0.05) is 16.3 Å². The van der Waals surface area contributed by atoms with Crippen LogP contribution in [0.2, 0.25) is 0 Å². The summed E-state index contributed by atoms with van der Waals surface area (Å²) in [5.41, 5.74) is 12.4. The lowest BCUT2D eigenvalue weighted by molar-refractivity contribution is -0.123. The summed E-state index contributed by atoms with van der Waals surface area (Å²) in [6.07, 6.45) is 5.48. The highest BCUT2D eigenvalue weighted by Crippen LogP contribution is 2.36. The molecule has 3 aromatic heterocycles. The number of benzene rings is 1. The molecule has 5 N–H and O–H groups in total. The summed E-state index contributed by atoms with van der Waals surface area (Å²) in [6, 6.07) is 12.1. The van der Waals surface area contributed by atoms with Crippen molar-refractivity contribution in [3.05, 3.63) is 69.5 Å². The Morgan fingerprint density at radius 3 is 2.58 bits per heavy atom. The predicted octanol–water partition coefficient (Wildman–Crippen LogP) is 3.88. The van der Waals surface area contributed by atoms with Gasteiger partial charge >= 0.3 is 0 Å². The van der Waals surface area contributed by atoms with Crippen molar-refractivity contribution in [2.75, 3.05) is 10.6 Å². The predicted molar refractivity (Wildman–Crippen MR) is 141 cm³/mol. The fourth-order valence-corrected chi connectivity index (χ4v) is 6.04. The number of pyridine rings is 1. The smallest absolute Gasteiger partial charge is 0.273 e. The number of nitrogens with two attached hydrogens (primary N) is 2. The summed E-state index contributed by atoms with van der Waals surface area (Å²) in [5.74, 6) is -1.67. The third-order valence-electron chi connectivity index (χ3n) is 6.25. The first-order chi connectivity index (χ1) is 17.4.